The molecule has 3 N–H and O–H groups in total. The third kappa shape index (κ3) is 5.25. The number of nitrogens with two attached hydrogens (primary N) is 1. The van der Waals surface area contributed by atoms with Gasteiger partial charge in [0.05, 0.1) is 0 Å². The average Bonchev–Trinajstić information content (AvgIpc) is 2.84. The number of benzene rings is 2. The minimum Gasteiger partial charge on any atom is -0.351 e. The van der Waals surface area contributed by atoms with E-state index in [4.69, 9.17) is 15.7 Å². The smallest absolute Gasteiger partial charge is 0.224 e. The van der Waals surface area contributed by atoms with E-state index in [9.17, 15) is 0 Å². The molecule has 0 fully saturated rings. The Hall–Kier alpha value is -3.84. The molecular formula is C25H27N7. The van der Waals surface area contributed by atoms with E-state index in [0.29, 0.717) is 18.3 Å². The molecule has 2 heterocycles. The number of anilines is 3. The third-order valence-electron chi connectivity index (χ3n) is 5.15. The molecule has 162 valence electrons. The SMILES string of the molecule is CC(Cc1cccc(CN)c1)Nc1nccc(N(C)c2ccnc(-c3ccccc3)n2)n1. The Morgan fingerprint density at radius 2 is 1.59 bits per heavy atom. The Bertz CT molecular complexity index is 1160. The fraction of sp³-hybridized carbons (Fsp3) is 0.200. The van der Waals surface area contributed by atoms with Gasteiger partial charge in [-0.1, -0.05) is 54.6 Å². The lowest BCUT2D eigenvalue weighted by molar-refractivity contribution is 0.775. The summed E-state index contributed by atoms with van der Waals surface area (Å²) in [5, 5.41) is 3.40. The van der Waals surface area contributed by atoms with Crippen LogP contribution in [-0.2, 0) is 13.0 Å². The van der Waals surface area contributed by atoms with Gasteiger partial charge in [-0.05, 0) is 36.6 Å². The van der Waals surface area contributed by atoms with Crippen LogP contribution in [0.1, 0.15) is 18.1 Å². The zero-order valence-corrected chi connectivity index (χ0v) is 18.3. The molecule has 4 aromatic rings. The lowest BCUT2D eigenvalue weighted by atomic mass is 10.0. The van der Waals surface area contributed by atoms with Gasteiger partial charge < -0.3 is 16.0 Å². The first-order valence-electron chi connectivity index (χ1n) is 10.6. The van der Waals surface area contributed by atoms with Gasteiger partial charge in [0.2, 0.25) is 5.95 Å². The summed E-state index contributed by atoms with van der Waals surface area (Å²) in [6, 6.07) is 22.2. The zero-order valence-electron chi connectivity index (χ0n) is 18.3. The van der Waals surface area contributed by atoms with Crippen LogP contribution in [0.25, 0.3) is 11.4 Å². The van der Waals surface area contributed by atoms with E-state index in [1.807, 2.05) is 66.5 Å². The first-order chi connectivity index (χ1) is 15.6. The number of rotatable bonds is 8. The summed E-state index contributed by atoms with van der Waals surface area (Å²) in [6.07, 6.45) is 4.37. The maximum atomic E-state index is 5.76. The van der Waals surface area contributed by atoms with Gasteiger partial charge in [-0.2, -0.15) is 4.98 Å². The Kier molecular flexibility index (Phi) is 6.67. The standard InChI is InChI=1S/C25H27N7/c1-18(15-19-7-6-8-20(16-19)17-26)29-25-28-14-12-23(31-25)32(2)22-11-13-27-24(30-22)21-9-4-3-5-10-21/h3-14,16,18H,15,17,26H2,1-2H3,(H,28,29,31). The highest BCUT2D eigenvalue weighted by Gasteiger charge is 2.12. The van der Waals surface area contributed by atoms with E-state index in [2.05, 4.69) is 34.3 Å². The molecule has 4 rings (SSSR count). The minimum atomic E-state index is 0.160. The molecule has 7 nitrogen and oxygen atoms in total. The van der Waals surface area contributed by atoms with Crippen molar-refractivity contribution < 1.29 is 0 Å². The van der Waals surface area contributed by atoms with E-state index in [1.54, 1.807) is 12.4 Å². The monoisotopic (exact) mass is 425 g/mol. The van der Waals surface area contributed by atoms with Crippen LogP contribution in [0, 0.1) is 0 Å². The first kappa shape index (κ1) is 21.4. The molecule has 2 aromatic carbocycles. The Morgan fingerprint density at radius 3 is 2.38 bits per heavy atom. The molecule has 0 aliphatic heterocycles. The van der Waals surface area contributed by atoms with Crippen molar-refractivity contribution in [3.05, 3.63) is 90.3 Å². The number of nitrogens with zero attached hydrogens (tertiary/aromatic N) is 5. The third-order valence-corrected chi connectivity index (χ3v) is 5.15. The van der Waals surface area contributed by atoms with Crippen LogP contribution >= 0.6 is 0 Å². The summed E-state index contributed by atoms with van der Waals surface area (Å²) in [7, 11) is 1.94. The number of hydrogen-bond donors (Lipinski definition) is 2. The van der Waals surface area contributed by atoms with Crippen molar-refractivity contribution in [2.75, 3.05) is 17.3 Å². The van der Waals surface area contributed by atoms with E-state index < -0.39 is 0 Å². The predicted molar refractivity (Wildman–Crippen MR) is 129 cm³/mol. The number of nitrogens with one attached hydrogen (secondary N) is 1. The molecule has 1 atom stereocenters. The van der Waals surface area contributed by atoms with E-state index in [0.717, 1.165) is 29.2 Å². The fourth-order valence-electron chi connectivity index (χ4n) is 3.49. The van der Waals surface area contributed by atoms with Gasteiger partial charge in [0.25, 0.3) is 0 Å². The number of hydrogen-bond acceptors (Lipinski definition) is 7. The predicted octanol–water partition coefficient (Wildman–Crippen LogP) is 4.20. The van der Waals surface area contributed by atoms with Crippen molar-refractivity contribution in [2.45, 2.75) is 25.9 Å². The van der Waals surface area contributed by atoms with Gasteiger partial charge in [-0.15, -0.1) is 0 Å². The van der Waals surface area contributed by atoms with E-state index in [1.165, 1.54) is 5.56 Å². The maximum Gasteiger partial charge on any atom is 0.224 e. The van der Waals surface area contributed by atoms with Crippen molar-refractivity contribution in [1.82, 2.24) is 19.9 Å². The van der Waals surface area contributed by atoms with Gasteiger partial charge in [0.15, 0.2) is 5.82 Å². The summed E-state index contributed by atoms with van der Waals surface area (Å²) < 4.78 is 0. The molecule has 0 saturated carbocycles. The quantitative estimate of drug-likeness (QED) is 0.437. The van der Waals surface area contributed by atoms with Crippen molar-refractivity contribution in [3.63, 3.8) is 0 Å². The van der Waals surface area contributed by atoms with Crippen LogP contribution in [0.5, 0.6) is 0 Å². The molecular weight excluding hydrogens is 398 g/mol. The molecule has 2 aromatic heterocycles. The summed E-state index contributed by atoms with van der Waals surface area (Å²) in [5.74, 6) is 2.76. The van der Waals surface area contributed by atoms with Crippen molar-refractivity contribution >= 4 is 17.6 Å². The fourth-order valence-corrected chi connectivity index (χ4v) is 3.49. The van der Waals surface area contributed by atoms with Crippen LogP contribution in [0.15, 0.2) is 79.1 Å². The first-order valence-corrected chi connectivity index (χ1v) is 10.6. The topological polar surface area (TPSA) is 92.8 Å². The summed E-state index contributed by atoms with van der Waals surface area (Å²) in [6.45, 7) is 2.66. The maximum absolute atomic E-state index is 5.76. The Labute approximate surface area is 188 Å². The van der Waals surface area contributed by atoms with Gasteiger partial charge in [0, 0.05) is 37.6 Å². The molecule has 0 radical (unpaired) electrons. The molecule has 32 heavy (non-hydrogen) atoms. The molecule has 0 aliphatic carbocycles. The van der Waals surface area contributed by atoms with Gasteiger partial charge >= 0.3 is 0 Å². The van der Waals surface area contributed by atoms with Crippen LogP contribution in [-0.4, -0.2) is 33.0 Å². The molecule has 7 heteroatoms. The molecule has 0 amide bonds. The van der Waals surface area contributed by atoms with Crippen LogP contribution in [0.3, 0.4) is 0 Å². The molecule has 1 unspecified atom stereocenters. The summed E-state index contributed by atoms with van der Waals surface area (Å²) >= 11 is 0. The Balaban J connectivity index is 1.47. The summed E-state index contributed by atoms with van der Waals surface area (Å²) in [4.78, 5) is 20.1. The van der Waals surface area contributed by atoms with Crippen LogP contribution < -0.4 is 16.0 Å². The Morgan fingerprint density at radius 1 is 0.875 bits per heavy atom. The highest BCUT2D eigenvalue weighted by Crippen LogP contribution is 2.23. The van der Waals surface area contributed by atoms with Gasteiger partial charge in [-0.3, -0.25) is 0 Å². The molecule has 0 bridgehead atoms. The second-order valence-electron chi connectivity index (χ2n) is 7.68. The second-order valence-corrected chi connectivity index (χ2v) is 7.68. The van der Waals surface area contributed by atoms with Crippen molar-refractivity contribution in [1.29, 1.82) is 0 Å². The van der Waals surface area contributed by atoms with Crippen molar-refractivity contribution in [3.8, 4) is 11.4 Å². The number of aromatic nitrogens is 4. The second kappa shape index (κ2) is 9.98. The molecule has 0 spiro atoms. The molecule has 0 saturated heterocycles. The minimum absolute atomic E-state index is 0.160. The molecule has 0 aliphatic rings. The van der Waals surface area contributed by atoms with Gasteiger partial charge in [0.1, 0.15) is 11.6 Å². The highest BCUT2D eigenvalue weighted by molar-refractivity contribution is 5.61. The lowest BCUT2D eigenvalue weighted by Gasteiger charge is -2.19. The summed E-state index contributed by atoms with van der Waals surface area (Å²) in [5.41, 5.74) is 9.10. The van der Waals surface area contributed by atoms with Crippen LogP contribution in [0.2, 0.25) is 0 Å². The largest absolute Gasteiger partial charge is 0.351 e. The van der Waals surface area contributed by atoms with E-state index in [-0.39, 0.29) is 6.04 Å². The lowest BCUT2D eigenvalue weighted by Crippen LogP contribution is -2.21. The van der Waals surface area contributed by atoms with E-state index >= 15 is 0 Å². The average molecular weight is 426 g/mol. The normalized spacial score (nSPS) is 11.7. The van der Waals surface area contributed by atoms with Crippen LogP contribution in [0.4, 0.5) is 17.6 Å². The van der Waals surface area contributed by atoms with Crippen molar-refractivity contribution in [2.24, 2.45) is 5.73 Å². The zero-order chi connectivity index (χ0) is 22.3. The highest BCUT2D eigenvalue weighted by atomic mass is 15.3. The van der Waals surface area contributed by atoms with Gasteiger partial charge in [-0.25, -0.2) is 15.0 Å².